The van der Waals surface area contributed by atoms with Crippen LogP contribution in [-0.4, -0.2) is 24.2 Å². The van der Waals surface area contributed by atoms with Crippen LogP contribution in [-0.2, 0) is 12.6 Å². The quantitative estimate of drug-likeness (QED) is 0.334. The lowest BCUT2D eigenvalue weighted by Crippen LogP contribution is -2.34. The molecule has 0 saturated carbocycles. The molecular formula is C30H26N4O4. The number of hydrogen-bond donors (Lipinski definition) is 3. The van der Waals surface area contributed by atoms with Crippen molar-refractivity contribution in [3.05, 3.63) is 109 Å². The first kappa shape index (κ1) is 23.7. The van der Waals surface area contributed by atoms with E-state index < -0.39 is 16.9 Å². The molecule has 3 heterocycles. The van der Waals surface area contributed by atoms with Gasteiger partial charge in [-0.2, -0.15) is 0 Å². The van der Waals surface area contributed by atoms with Gasteiger partial charge in [-0.15, -0.1) is 0 Å². The van der Waals surface area contributed by atoms with Crippen molar-refractivity contribution >= 4 is 32.7 Å². The number of hydrogen-bond acceptors (Lipinski definition) is 4. The first-order valence-electron chi connectivity index (χ1n) is 12.3. The lowest BCUT2D eigenvalue weighted by molar-refractivity contribution is 0.0787. The fraction of sp³-hybridized carbons (Fsp3) is 0.167. The minimum Gasteiger partial charge on any atom is -0.386 e. The highest BCUT2D eigenvalue weighted by Gasteiger charge is 2.21. The van der Waals surface area contributed by atoms with Gasteiger partial charge in [0.05, 0.1) is 22.2 Å². The second-order valence-corrected chi connectivity index (χ2v) is 10.2. The zero-order valence-electron chi connectivity index (χ0n) is 21.4. The Morgan fingerprint density at radius 3 is 2.34 bits per heavy atom. The largest absolute Gasteiger partial charge is 0.386 e. The molecule has 0 saturated heterocycles. The van der Waals surface area contributed by atoms with Crippen LogP contribution in [0.1, 0.15) is 25.0 Å². The van der Waals surface area contributed by atoms with Gasteiger partial charge in [-0.25, -0.2) is 9.36 Å². The lowest BCUT2D eigenvalue weighted by Gasteiger charge is -2.17. The number of benzene rings is 3. The molecule has 3 aromatic heterocycles. The fourth-order valence-electron chi connectivity index (χ4n) is 5.25. The highest BCUT2D eigenvalue weighted by atomic mass is 16.3. The number of para-hydroxylation sites is 1. The Balaban J connectivity index is 1.67. The molecule has 0 atom stereocenters. The van der Waals surface area contributed by atoms with Crippen LogP contribution in [0.25, 0.3) is 49.5 Å². The fourth-order valence-corrected chi connectivity index (χ4v) is 5.25. The van der Waals surface area contributed by atoms with E-state index in [4.69, 9.17) is 0 Å². The van der Waals surface area contributed by atoms with E-state index in [0.29, 0.717) is 22.1 Å². The Labute approximate surface area is 216 Å². The average molecular weight is 507 g/mol. The van der Waals surface area contributed by atoms with Gasteiger partial charge >= 0.3 is 5.69 Å². The molecule has 190 valence electrons. The second kappa shape index (κ2) is 8.16. The van der Waals surface area contributed by atoms with Gasteiger partial charge in [0.1, 0.15) is 5.52 Å². The van der Waals surface area contributed by atoms with Crippen molar-refractivity contribution in [2.24, 2.45) is 7.05 Å². The molecule has 0 spiro atoms. The topological polar surface area (TPSA) is 113 Å². The maximum absolute atomic E-state index is 13.4. The van der Waals surface area contributed by atoms with Gasteiger partial charge in [-0.3, -0.25) is 9.59 Å². The molecule has 3 N–H and O–H groups in total. The molecular weight excluding hydrogens is 480 g/mol. The summed E-state index contributed by atoms with van der Waals surface area (Å²) in [7, 11) is 1.69. The summed E-state index contributed by atoms with van der Waals surface area (Å²) >= 11 is 0. The first-order chi connectivity index (χ1) is 18.1. The molecule has 6 rings (SSSR count). The summed E-state index contributed by atoms with van der Waals surface area (Å²) in [5, 5.41) is 12.5. The zero-order valence-corrected chi connectivity index (χ0v) is 21.4. The molecule has 0 unspecified atom stereocenters. The number of aromatic amines is 2. The lowest BCUT2D eigenvalue weighted by atomic mass is 9.94. The molecule has 0 aliphatic rings. The molecule has 6 aromatic rings. The number of fused-ring (bicyclic) bond motifs is 4. The molecule has 0 aliphatic heterocycles. The van der Waals surface area contributed by atoms with E-state index in [0.717, 1.165) is 43.1 Å². The highest BCUT2D eigenvalue weighted by Crippen LogP contribution is 2.37. The molecule has 8 nitrogen and oxygen atoms in total. The number of pyridine rings is 1. The Morgan fingerprint density at radius 1 is 0.816 bits per heavy atom. The van der Waals surface area contributed by atoms with Crippen molar-refractivity contribution < 1.29 is 5.11 Å². The summed E-state index contributed by atoms with van der Waals surface area (Å²) in [6, 6.07) is 18.0. The van der Waals surface area contributed by atoms with E-state index in [9.17, 15) is 19.5 Å². The Bertz CT molecular complexity index is 2100. The molecule has 38 heavy (non-hydrogen) atoms. The van der Waals surface area contributed by atoms with Crippen molar-refractivity contribution in [1.82, 2.24) is 19.1 Å². The van der Waals surface area contributed by atoms with Crippen LogP contribution in [0.5, 0.6) is 0 Å². The molecule has 8 heteroatoms. The van der Waals surface area contributed by atoms with Gasteiger partial charge in [0.25, 0.3) is 11.1 Å². The molecule has 0 fully saturated rings. The van der Waals surface area contributed by atoms with Gasteiger partial charge in [0.15, 0.2) is 0 Å². The van der Waals surface area contributed by atoms with Crippen LogP contribution >= 0.6 is 0 Å². The normalized spacial score (nSPS) is 12.1. The second-order valence-electron chi connectivity index (χ2n) is 10.2. The SMILES string of the molecule is Cc1c(-c2cn(C)c(=O)c3[nH]c4cc(C(C)(C)O)ccc4c23)cccc1-n1c(=O)[nH]c2ccccc2c1=O. The number of nitrogens with zero attached hydrogens (tertiary/aromatic N) is 2. The molecule has 0 radical (unpaired) electrons. The van der Waals surface area contributed by atoms with E-state index in [1.54, 1.807) is 63.5 Å². The molecule has 0 aliphatic carbocycles. The number of rotatable bonds is 3. The number of aromatic nitrogens is 4. The third-order valence-corrected chi connectivity index (χ3v) is 7.27. The van der Waals surface area contributed by atoms with E-state index >= 15 is 0 Å². The summed E-state index contributed by atoms with van der Waals surface area (Å²) in [5.74, 6) is 0. The summed E-state index contributed by atoms with van der Waals surface area (Å²) in [6.45, 7) is 5.29. The summed E-state index contributed by atoms with van der Waals surface area (Å²) in [6.07, 6.45) is 1.78. The summed E-state index contributed by atoms with van der Waals surface area (Å²) in [5.41, 5.74) is 3.00. The van der Waals surface area contributed by atoms with Gasteiger partial charge in [0.2, 0.25) is 0 Å². The predicted octanol–water partition coefficient (Wildman–Crippen LogP) is 4.22. The van der Waals surface area contributed by atoms with Crippen LogP contribution in [0.3, 0.4) is 0 Å². The van der Waals surface area contributed by atoms with Gasteiger partial charge in [-0.1, -0.05) is 36.4 Å². The van der Waals surface area contributed by atoms with Crippen LogP contribution in [0.2, 0.25) is 0 Å². The number of aryl methyl sites for hydroxylation is 1. The van der Waals surface area contributed by atoms with E-state index in [-0.39, 0.29) is 5.56 Å². The average Bonchev–Trinajstić information content (AvgIpc) is 3.26. The maximum atomic E-state index is 13.4. The van der Waals surface area contributed by atoms with Crippen molar-refractivity contribution in [2.45, 2.75) is 26.4 Å². The monoisotopic (exact) mass is 506 g/mol. The molecule has 0 amide bonds. The number of H-pyrrole nitrogens is 2. The number of nitrogens with one attached hydrogen (secondary N) is 2. The van der Waals surface area contributed by atoms with Gasteiger partial charge in [-0.05, 0) is 61.7 Å². The minimum absolute atomic E-state index is 0.180. The van der Waals surface area contributed by atoms with Crippen LogP contribution in [0, 0.1) is 6.92 Å². The smallest absolute Gasteiger partial charge is 0.333 e. The van der Waals surface area contributed by atoms with E-state index in [2.05, 4.69) is 9.97 Å². The highest BCUT2D eigenvalue weighted by molar-refractivity contribution is 6.14. The Morgan fingerprint density at radius 2 is 1.58 bits per heavy atom. The van der Waals surface area contributed by atoms with E-state index in [1.165, 1.54) is 4.57 Å². The summed E-state index contributed by atoms with van der Waals surface area (Å²) < 4.78 is 2.68. The Hall–Kier alpha value is -4.69. The number of aliphatic hydroxyl groups is 1. The summed E-state index contributed by atoms with van der Waals surface area (Å²) in [4.78, 5) is 45.6. The van der Waals surface area contributed by atoms with Crippen LogP contribution in [0.15, 0.2) is 81.2 Å². The molecule has 3 aromatic carbocycles. The predicted molar refractivity (Wildman–Crippen MR) is 150 cm³/mol. The minimum atomic E-state index is -1.04. The van der Waals surface area contributed by atoms with E-state index in [1.807, 2.05) is 31.2 Å². The third kappa shape index (κ3) is 3.45. The standard InChI is InChI=1S/C30H26N4O4/c1-16-18(9-7-11-24(16)34-27(35)20-8-5-6-10-22(20)32-29(34)37)21-15-33(4)28(36)26-25(21)19-13-12-17(30(2,3)38)14-23(19)31-26/h5-15,31,38H,1-4H3,(H,32,37). The third-order valence-electron chi connectivity index (χ3n) is 7.27. The van der Waals surface area contributed by atoms with Crippen molar-refractivity contribution in [3.8, 4) is 16.8 Å². The zero-order chi connectivity index (χ0) is 26.9. The molecule has 0 bridgehead atoms. The van der Waals surface area contributed by atoms with Crippen molar-refractivity contribution in [1.29, 1.82) is 0 Å². The van der Waals surface area contributed by atoms with Crippen molar-refractivity contribution in [3.63, 3.8) is 0 Å². The maximum Gasteiger partial charge on any atom is 0.333 e. The van der Waals surface area contributed by atoms with Crippen LogP contribution in [0.4, 0.5) is 0 Å². The van der Waals surface area contributed by atoms with Crippen molar-refractivity contribution in [2.75, 3.05) is 0 Å². The van der Waals surface area contributed by atoms with Gasteiger partial charge < -0.3 is 19.6 Å². The van der Waals surface area contributed by atoms with Crippen LogP contribution < -0.4 is 16.8 Å². The first-order valence-corrected chi connectivity index (χ1v) is 12.3. The Kier molecular flexibility index (Phi) is 5.09. The van der Waals surface area contributed by atoms with Gasteiger partial charge in [0, 0.05) is 35.1 Å².